The van der Waals surface area contributed by atoms with Crippen LogP contribution >= 0.6 is 11.6 Å². The Kier molecular flexibility index (Phi) is 4.49. The van der Waals surface area contributed by atoms with E-state index in [1.807, 2.05) is 13.8 Å². The van der Waals surface area contributed by atoms with Crippen LogP contribution in [-0.4, -0.2) is 33.0 Å². The monoisotopic (exact) mass is 270 g/mol. The quantitative estimate of drug-likeness (QED) is 0.791. The molecule has 4 heteroatoms. The van der Waals surface area contributed by atoms with Crippen molar-refractivity contribution in [3.05, 3.63) is 28.8 Å². The molecule has 1 saturated heterocycles. The van der Waals surface area contributed by atoms with Crippen LogP contribution in [0, 0.1) is 13.8 Å². The highest BCUT2D eigenvalue weighted by atomic mass is 35.5. The number of hydrogen-bond donors (Lipinski definition) is 0. The van der Waals surface area contributed by atoms with E-state index in [-0.39, 0.29) is 11.5 Å². The fourth-order valence-corrected chi connectivity index (χ4v) is 2.63. The third-order valence-electron chi connectivity index (χ3n) is 3.17. The zero-order chi connectivity index (χ0) is 13.1. The van der Waals surface area contributed by atoms with E-state index in [0.717, 1.165) is 22.4 Å². The van der Waals surface area contributed by atoms with Crippen molar-refractivity contribution in [2.45, 2.75) is 25.3 Å². The zero-order valence-electron chi connectivity index (χ0n) is 11.0. The number of ether oxygens (including phenoxy) is 3. The third kappa shape index (κ3) is 2.79. The van der Waals surface area contributed by atoms with Crippen LogP contribution in [0.3, 0.4) is 0 Å². The number of benzene rings is 1. The van der Waals surface area contributed by atoms with Crippen LogP contribution in [-0.2, 0) is 9.47 Å². The Hall–Kier alpha value is -0.770. The topological polar surface area (TPSA) is 27.7 Å². The molecule has 2 unspecified atom stereocenters. The number of rotatable bonds is 3. The molecule has 3 nitrogen and oxygen atoms in total. The molecule has 0 aliphatic carbocycles. The van der Waals surface area contributed by atoms with Crippen molar-refractivity contribution in [2.75, 3.05) is 26.9 Å². The third-order valence-corrected chi connectivity index (χ3v) is 3.71. The highest BCUT2D eigenvalue weighted by Gasteiger charge is 2.25. The minimum absolute atomic E-state index is 0.0763. The molecule has 0 aromatic heterocycles. The number of halogens is 1. The van der Waals surface area contributed by atoms with Crippen molar-refractivity contribution < 1.29 is 14.2 Å². The van der Waals surface area contributed by atoms with Gasteiger partial charge in [0, 0.05) is 0 Å². The van der Waals surface area contributed by atoms with Gasteiger partial charge in [-0.1, -0.05) is 12.1 Å². The summed E-state index contributed by atoms with van der Waals surface area (Å²) in [4.78, 5) is 0. The predicted octanol–water partition coefficient (Wildman–Crippen LogP) is 3.01. The fraction of sp³-hybridized carbons (Fsp3) is 0.571. The Labute approximate surface area is 113 Å². The van der Waals surface area contributed by atoms with Gasteiger partial charge < -0.3 is 14.2 Å². The summed E-state index contributed by atoms with van der Waals surface area (Å²) in [6.45, 7) is 5.87. The Morgan fingerprint density at radius 1 is 1.28 bits per heavy atom. The largest absolute Gasteiger partial charge is 0.496 e. The van der Waals surface area contributed by atoms with E-state index in [2.05, 4.69) is 12.1 Å². The van der Waals surface area contributed by atoms with Crippen molar-refractivity contribution >= 4 is 11.6 Å². The SMILES string of the molecule is COc1c(C)cc(C(Cl)C2COCCO2)cc1C. The molecule has 0 saturated carbocycles. The van der Waals surface area contributed by atoms with E-state index in [0.29, 0.717) is 19.8 Å². The summed E-state index contributed by atoms with van der Waals surface area (Å²) in [6.07, 6.45) is -0.0763. The highest BCUT2D eigenvalue weighted by molar-refractivity contribution is 6.21. The van der Waals surface area contributed by atoms with Crippen molar-refractivity contribution in [1.82, 2.24) is 0 Å². The van der Waals surface area contributed by atoms with Crippen molar-refractivity contribution in [3.8, 4) is 5.75 Å². The van der Waals surface area contributed by atoms with Gasteiger partial charge in [0.15, 0.2) is 0 Å². The molecule has 1 heterocycles. The summed E-state index contributed by atoms with van der Waals surface area (Å²) in [6, 6.07) is 4.11. The summed E-state index contributed by atoms with van der Waals surface area (Å²) in [5.41, 5.74) is 3.24. The maximum absolute atomic E-state index is 6.48. The maximum Gasteiger partial charge on any atom is 0.124 e. The van der Waals surface area contributed by atoms with E-state index >= 15 is 0 Å². The van der Waals surface area contributed by atoms with Crippen LogP contribution in [0.2, 0.25) is 0 Å². The molecule has 1 aromatic carbocycles. The molecular weight excluding hydrogens is 252 g/mol. The van der Waals surface area contributed by atoms with E-state index in [1.165, 1.54) is 0 Å². The van der Waals surface area contributed by atoms with Crippen LogP contribution in [0.15, 0.2) is 12.1 Å². The van der Waals surface area contributed by atoms with Crippen molar-refractivity contribution in [1.29, 1.82) is 0 Å². The lowest BCUT2D eigenvalue weighted by Crippen LogP contribution is -2.31. The van der Waals surface area contributed by atoms with Crippen molar-refractivity contribution in [3.63, 3.8) is 0 Å². The van der Waals surface area contributed by atoms with Gasteiger partial charge in [-0.25, -0.2) is 0 Å². The average molecular weight is 271 g/mol. The smallest absolute Gasteiger partial charge is 0.124 e. The second-order valence-electron chi connectivity index (χ2n) is 4.57. The Morgan fingerprint density at radius 2 is 1.94 bits per heavy atom. The lowest BCUT2D eigenvalue weighted by atomic mass is 10.0. The van der Waals surface area contributed by atoms with E-state index in [4.69, 9.17) is 25.8 Å². The highest BCUT2D eigenvalue weighted by Crippen LogP contribution is 2.33. The molecule has 2 atom stereocenters. The standard InChI is InChI=1S/C14H19ClO3/c1-9-6-11(7-10(2)14(9)16-3)13(15)12-8-17-4-5-18-12/h6-7,12-13H,4-5,8H2,1-3H3. The van der Waals surface area contributed by atoms with Gasteiger partial charge in [0.1, 0.15) is 11.9 Å². The summed E-state index contributed by atoms with van der Waals surface area (Å²) >= 11 is 6.48. The molecule has 0 spiro atoms. The summed E-state index contributed by atoms with van der Waals surface area (Å²) in [5, 5.41) is -0.186. The first kappa shape index (κ1) is 13.7. The van der Waals surface area contributed by atoms with Gasteiger partial charge >= 0.3 is 0 Å². The molecule has 0 N–H and O–H groups in total. The summed E-state index contributed by atoms with van der Waals surface area (Å²) in [7, 11) is 1.69. The van der Waals surface area contributed by atoms with Crippen LogP contribution in [0.4, 0.5) is 0 Å². The van der Waals surface area contributed by atoms with E-state index in [9.17, 15) is 0 Å². The first-order valence-corrected chi connectivity index (χ1v) is 6.55. The van der Waals surface area contributed by atoms with Crippen LogP contribution < -0.4 is 4.74 Å². The van der Waals surface area contributed by atoms with Crippen LogP contribution in [0.5, 0.6) is 5.75 Å². The van der Waals surface area contributed by atoms with E-state index < -0.39 is 0 Å². The lowest BCUT2D eigenvalue weighted by Gasteiger charge is -2.27. The summed E-state index contributed by atoms with van der Waals surface area (Å²) < 4.78 is 16.4. The zero-order valence-corrected chi connectivity index (χ0v) is 11.8. The van der Waals surface area contributed by atoms with Crippen molar-refractivity contribution in [2.24, 2.45) is 0 Å². The molecule has 1 aliphatic rings. The molecular formula is C14H19ClO3. The minimum Gasteiger partial charge on any atom is -0.496 e. The number of methoxy groups -OCH3 is 1. The van der Waals surface area contributed by atoms with Gasteiger partial charge in [-0.2, -0.15) is 0 Å². The lowest BCUT2D eigenvalue weighted by molar-refractivity contribution is -0.0892. The maximum atomic E-state index is 6.48. The van der Waals surface area contributed by atoms with E-state index in [1.54, 1.807) is 7.11 Å². The number of aryl methyl sites for hydroxylation is 2. The Morgan fingerprint density at radius 3 is 2.44 bits per heavy atom. The molecule has 1 aromatic rings. The molecule has 0 radical (unpaired) electrons. The van der Waals surface area contributed by atoms with Gasteiger partial charge in [-0.3, -0.25) is 0 Å². The Bertz CT molecular complexity index is 390. The van der Waals surface area contributed by atoms with Crippen LogP contribution in [0.25, 0.3) is 0 Å². The van der Waals surface area contributed by atoms with Gasteiger partial charge in [-0.05, 0) is 30.5 Å². The second-order valence-corrected chi connectivity index (χ2v) is 5.04. The molecule has 0 bridgehead atoms. The van der Waals surface area contributed by atoms with Gasteiger partial charge in [0.25, 0.3) is 0 Å². The number of alkyl halides is 1. The minimum atomic E-state index is -0.186. The van der Waals surface area contributed by atoms with Crippen LogP contribution in [0.1, 0.15) is 22.1 Å². The molecule has 1 fully saturated rings. The number of hydrogen-bond acceptors (Lipinski definition) is 3. The summed E-state index contributed by atoms with van der Waals surface area (Å²) in [5.74, 6) is 0.920. The molecule has 2 rings (SSSR count). The van der Waals surface area contributed by atoms with Gasteiger partial charge in [-0.15, -0.1) is 11.6 Å². The molecule has 1 aliphatic heterocycles. The molecule has 0 amide bonds. The molecule has 100 valence electrons. The second kappa shape index (κ2) is 5.91. The normalized spacial score (nSPS) is 21.7. The van der Waals surface area contributed by atoms with Gasteiger partial charge in [0.05, 0.1) is 32.3 Å². The fourth-order valence-electron chi connectivity index (χ4n) is 2.35. The van der Waals surface area contributed by atoms with Gasteiger partial charge in [0.2, 0.25) is 0 Å². The first-order valence-electron chi connectivity index (χ1n) is 6.12. The molecule has 18 heavy (non-hydrogen) atoms. The predicted molar refractivity (Wildman–Crippen MR) is 71.6 cm³/mol. The average Bonchev–Trinajstić information content (AvgIpc) is 2.38. The first-order chi connectivity index (χ1) is 8.63. The Balaban J connectivity index is 2.22.